The van der Waals surface area contributed by atoms with Gasteiger partial charge in [-0.05, 0) is 0 Å². The van der Waals surface area contributed by atoms with Crippen molar-refractivity contribution in [1.29, 1.82) is 0 Å². The zero-order valence-corrected chi connectivity index (χ0v) is 9.03. The van der Waals surface area contributed by atoms with Crippen molar-refractivity contribution in [2.24, 2.45) is 0 Å². The number of hydrogen-bond acceptors (Lipinski definition) is 4. The minimum absolute atomic E-state index is 0. The fraction of sp³-hybridized carbons (Fsp3) is 0.250. The van der Waals surface area contributed by atoms with E-state index in [0.29, 0.717) is 5.46 Å². The monoisotopic (exact) mass is 229 g/mol. The van der Waals surface area contributed by atoms with Gasteiger partial charge in [-0.25, -0.2) is 0 Å². The van der Waals surface area contributed by atoms with E-state index in [4.69, 9.17) is 7.85 Å². The summed E-state index contributed by atoms with van der Waals surface area (Å²) in [6.45, 7) is 0.282. The SMILES string of the molecule is [B+2]c1cccc(CNS(C)(=O)=O)c1.[OH-].[OH-]. The van der Waals surface area contributed by atoms with Gasteiger partial charge in [0.1, 0.15) is 0 Å². The third-order valence-electron chi connectivity index (χ3n) is 1.49. The second kappa shape index (κ2) is 6.57. The molecule has 1 rings (SSSR count). The summed E-state index contributed by atoms with van der Waals surface area (Å²) < 4.78 is 23.9. The van der Waals surface area contributed by atoms with E-state index in [9.17, 15) is 8.42 Å². The van der Waals surface area contributed by atoms with E-state index in [0.717, 1.165) is 11.8 Å². The molecule has 5 nitrogen and oxygen atoms in total. The topological polar surface area (TPSA) is 106 Å². The quantitative estimate of drug-likeness (QED) is 0.683. The van der Waals surface area contributed by atoms with Crippen LogP contribution in [0.15, 0.2) is 24.3 Å². The molecule has 1 aromatic carbocycles. The van der Waals surface area contributed by atoms with Gasteiger partial charge in [0, 0.05) is 0 Å². The van der Waals surface area contributed by atoms with Crippen LogP contribution < -0.4 is 10.2 Å². The maximum Gasteiger partial charge on any atom is -0.870 e. The molecule has 0 unspecified atom stereocenters. The van der Waals surface area contributed by atoms with Crippen LogP contribution >= 0.6 is 0 Å². The van der Waals surface area contributed by atoms with Gasteiger partial charge in [-0.1, -0.05) is 0 Å². The van der Waals surface area contributed by atoms with Crippen LogP contribution in [-0.4, -0.2) is 33.5 Å². The number of sulfonamides is 1. The second-order valence-corrected chi connectivity index (χ2v) is 4.67. The van der Waals surface area contributed by atoms with E-state index in [1.54, 1.807) is 18.2 Å². The Hall–Kier alpha value is -0.885. The normalized spacial score (nSPS) is 10.1. The van der Waals surface area contributed by atoms with E-state index >= 15 is 0 Å². The van der Waals surface area contributed by atoms with Crippen molar-refractivity contribution in [2.75, 3.05) is 6.26 Å². The van der Waals surface area contributed by atoms with Gasteiger partial charge >= 0.3 is 79.1 Å². The predicted molar refractivity (Wildman–Crippen MR) is 57.4 cm³/mol. The maximum absolute atomic E-state index is 10.7. The fourth-order valence-electron chi connectivity index (χ4n) is 0.918. The average molecular weight is 229 g/mol. The zero-order chi connectivity index (χ0) is 9.90. The second-order valence-electron chi connectivity index (χ2n) is 2.84. The standard InChI is InChI=1S/C8H10BNO2S.2H2O/c1-13(11,12)10-6-7-3-2-4-8(9)5-7;;/h2-5,10H,6H2,1H3;2*1H2/q+2;;/p-2. The first-order valence-corrected chi connectivity index (χ1v) is 5.65. The molecule has 3 N–H and O–H groups in total. The molecule has 0 amide bonds. The van der Waals surface area contributed by atoms with Crippen LogP contribution in [0.5, 0.6) is 0 Å². The van der Waals surface area contributed by atoms with Crippen molar-refractivity contribution in [3.05, 3.63) is 29.8 Å². The first-order valence-electron chi connectivity index (χ1n) is 3.76. The summed E-state index contributed by atoms with van der Waals surface area (Å²) in [6, 6.07) is 7.09. The smallest absolute Gasteiger partial charge is 0.870 e. The molecule has 0 aromatic heterocycles. The van der Waals surface area contributed by atoms with Crippen molar-refractivity contribution in [3.8, 4) is 0 Å². The Kier molecular flexibility index (Phi) is 7.25. The van der Waals surface area contributed by atoms with Gasteiger partial charge in [0.05, 0.1) is 0 Å². The van der Waals surface area contributed by atoms with Gasteiger partial charge in [0.25, 0.3) is 0 Å². The van der Waals surface area contributed by atoms with Crippen LogP contribution in [0.3, 0.4) is 0 Å². The van der Waals surface area contributed by atoms with E-state index < -0.39 is 10.0 Å². The molecule has 0 saturated carbocycles. The van der Waals surface area contributed by atoms with Gasteiger partial charge in [-0.3, -0.25) is 0 Å². The van der Waals surface area contributed by atoms with Crippen molar-refractivity contribution >= 4 is 23.3 Å². The fourth-order valence-corrected chi connectivity index (χ4v) is 1.35. The van der Waals surface area contributed by atoms with Gasteiger partial charge in [-0.15, -0.1) is 0 Å². The summed E-state index contributed by atoms with van der Waals surface area (Å²) in [7, 11) is 2.39. The Labute approximate surface area is 90.6 Å². The molecule has 0 radical (unpaired) electrons. The van der Waals surface area contributed by atoms with Gasteiger partial charge in [0.2, 0.25) is 0 Å². The first kappa shape index (κ1) is 16.5. The largest absolute Gasteiger partial charge is 0.870 e. The molecule has 0 aliphatic rings. The van der Waals surface area contributed by atoms with Crippen molar-refractivity contribution in [2.45, 2.75) is 6.54 Å². The number of nitrogens with one attached hydrogen (secondary N) is 1. The third-order valence-corrected chi connectivity index (χ3v) is 2.16. The summed E-state index contributed by atoms with van der Waals surface area (Å²) in [5.41, 5.74) is 1.48. The van der Waals surface area contributed by atoms with Crippen LogP contribution in [0.25, 0.3) is 0 Å². The molecule has 0 fully saturated rings. The van der Waals surface area contributed by atoms with E-state index in [1.165, 1.54) is 0 Å². The van der Waals surface area contributed by atoms with Gasteiger partial charge < -0.3 is 11.0 Å². The average Bonchev–Trinajstić information content (AvgIpc) is 2.00. The van der Waals surface area contributed by atoms with Crippen molar-refractivity contribution < 1.29 is 19.4 Å². The summed E-state index contributed by atoms with van der Waals surface area (Å²) in [5.74, 6) is 0. The Morgan fingerprint density at radius 3 is 2.40 bits per heavy atom. The molecule has 0 bridgehead atoms. The Balaban J connectivity index is 0. The van der Waals surface area contributed by atoms with Crippen LogP contribution in [0, 0.1) is 0 Å². The Morgan fingerprint density at radius 1 is 1.33 bits per heavy atom. The number of hydrogen-bond donors (Lipinski definition) is 1. The molecule has 0 aliphatic carbocycles. The van der Waals surface area contributed by atoms with E-state index in [2.05, 4.69) is 4.72 Å². The Bertz CT molecular complexity index is 393. The third kappa shape index (κ3) is 7.09. The van der Waals surface area contributed by atoms with Crippen molar-refractivity contribution in [1.82, 2.24) is 4.72 Å². The molecule has 0 spiro atoms. The molecule has 0 saturated heterocycles. The van der Waals surface area contributed by atoms with Crippen LogP contribution in [0.4, 0.5) is 0 Å². The number of rotatable bonds is 3. The summed E-state index contributed by atoms with van der Waals surface area (Å²) in [4.78, 5) is 0. The summed E-state index contributed by atoms with van der Waals surface area (Å²) in [6.07, 6.45) is 1.12. The molecule has 7 heteroatoms. The minimum Gasteiger partial charge on any atom is -0.870 e. The van der Waals surface area contributed by atoms with Gasteiger partial charge in [0.15, 0.2) is 0 Å². The minimum atomic E-state index is -3.13. The number of benzene rings is 1. The first-order chi connectivity index (χ1) is 5.97. The zero-order valence-electron chi connectivity index (χ0n) is 8.21. The molecule has 0 heterocycles. The van der Waals surface area contributed by atoms with Gasteiger partial charge in [-0.2, -0.15) is 0 Å². The maximum atomic E-state index is 10.7. The van der Waals surface area contributed by atoms with E-state index in [1.807, 2.05) is 6.07 Å². The predicted octanol–water partition coefficient (Wildman–Crippen LogP) is -0.824. The van der Waals surface area contributed by atoms with Crippen LogP contribution in [0.1, 0.15) is 5.56 Å². The molecular weight excluding hydrogens is 217 g/mol. The Morgan fingerprint density at radius 2 is 1.93 bits per heavy atom. The van der Waals surface area contributed by atoms with Crippen LogP contribution in [0.2, 0.25) is 0 Å². The molecule has 0 aliphatic heterocycles. The molecule has 0 atom stereocenters. The van der Waals surface area contributed by atoms with Crippen LogP contribution in [-0.2, 0) is 16.6 Å². The van der Waals surface area contributed by atoms with Crippen molar-refractivity contribution in [3.63, 3.8) is 0 Å². The molecule has 82 valence electrons. The molecule has 1 aromatic rings. The summed E-state index contributed by atoms with van der Waals surface area (Å²) in [5, 5.41) is 0. The van der Waals surface area contributed by atoms with E-state index in [-0.39, 0.29) is 17.5 Å². The molecular formula is C8H12BNO4S. The molecule has 15 heavy (non-hydrogen) atoms. The summed E-state index contributed by atoms with van der Waals surface area (Å²) >= 11 is 0.